The first-order chi connectivity index (χ1) is 11.7. The molecule has 1 aromatic carbocycles. The Morgan fingerprint density at radius 2 is 2.17 bits per heavy atom. The number of nitrogens with zero attached hydrogens (tertiary/aromatic N) is 4. The first-order valence-corrected chi connectivity index (χ1v) is 8.82. The van der Waals surface area contributed by atoms with Crippen LogP contribution in [0.25, 0.3) is 0 Å². The Balaban J connectivity index is 1.42. The molecule has 5 heteroatoms. The molecule has 0 unspecified atom stereocenters. The third-order valence-electron chi connectivity index (χ3n) is 5.19. The molecular weight excluding hydrogens is 300 g/mol. The summed E-state index contributed by atoms with van der Waals surface area (Å²) in [6, 6.07) is 8.67. The number of aryl methyl sites for hydroxylation is 1. The van der Waals surface area contributed by atoms with E-state index in [0.29, 0.717) is 12.6 Å². The monoisotopic (exact) mass is 324 g/mol. The van der Waals surface area contributed by atoms with Gasteiger partial charge < -0.3 is 4.90 Å². The summed E-state index contributed by atoms with van der Waals surface area (Å²) in [6.07, 6.45) is 7.25. The molecule has 0 radical (unpaired) electrons. The normalized spacial score (nSPS) is 20.5. The maximum Gasteiger partial charge on any atom is 0.241 e. The first kappa shape index (κ1) is 15.4. The van der Waals surface area contributed by atoms with Crippen molar-refractivity contribution >= 4 is 11.6 Å². The molecule has 2 aliphatic rings. The fraction of sp³-hybridized carbons (Fsp3) is 0.474. The van der Waals surface area contributed by atoms with Crippen LogP contribution in [-0.4, -0.2) is 46.3 Å². The largest absolute Gasteiger partial charge is 0.311 e. The molecule has 0 N–H and O–H groups in total. The summed E-state index contributed by atoms with van der Waals surface area (Å²) in [5.41, 5.74) is 3.57. The average Bonchev–Trinajstić information content (AvgIpc) is 3.28. The fourth-order valence-corrected chi connectivity index (χ4v) is 3.95. The van der Waals surface area contributed by atoms with Crippen molar-refractivity contribution in [1.29, 1.82) is 0 Å². The van der Waals surface area contributed by atoms with Crippen LogP contribution in [0.15, 0.2) is 36.7 Å². The van der Waals surface area contributed by atoms with Crippen molar-refractivity contribution in [2.45, 2.75) is 38.8 Å². The second-order valence-electron chi connectivity index (χ2n) is 6.93. The SMILES string of the molecule is Cc1cnn(C[C@H]2CCCN2CC(=O)N2CCc3ccccc32)c1. The van der Waals surface area contributed by atoms with Crippen molar-refractivity contribution in [3.8, 4) is 0 Å². The van der Waals surface area contributed by atoms with Crippen molar-refractivity contribution < 1.29 is 4.79 Å². The number of anilines is 1. The maximum absolute atomic E-state index is 12.8. The quantitative estimate of drug-likeness (QED) is 0.866. The van der Waals surface area contributed by atoms with Crippen molar-refractivity contribution in [3.63, 3.8) is 0 Å². The van der Waals surface area contributed by atoms with Gasteiger partial charge >= 0.3 is 0 Å². The van der Waals surface area contributed by atoms with Crippen LogP contribution < -0.4 is 4.90 Å². The molecule has 1 atom stereocenters. The van der Waals surface area contributed by atoms with Crippen LogP contribution in [-0.2, 0) is 17.8 Å². The van der Waals surface area contributed by atoms with Crippen LogP contribution in [0.3, 0.4) is 0 Å². The molecule has 3 heterocycles. The van der Waals surface area contributed by atoms with Gasteiger partial charge in [-0.25, -0.2) is 0 Å². The lowest BCUT2D eigenvalue weighted by Crippen LogP contribution is -2.43. The van der Waals surface area contributed by atoms with E-state index >= 15 is 0 Å². The Labute approximate surface area is 142 Å². The van der Waals surface area contributed by atoms with Crippen molar-refractivity contribution in [1.82, 2.24) is 14.7 Å². The van der Waals surface area contributed by atoms with Gasteiger partial charge in [0.1, 0.15) is 0 Å². The van der Waals surface area contributed by atoms with Crippen LogP contribution in [0.5, 0.6) is 0 Å². The minimum atomic E-state index is 0.225. The summed E-state index contributed by atoms with van der Waals surface area (Å²) in [4.78, 5) is 17.1. The Morgan fingerprint density at radius 1 is 1.29 bits per heavy atom. The predicted molar refractivity (Wildman–Crippen MR) is 94.1 cm³/mol. The summed E-state index contributed by atoms with van der Waals surface area (Å²) >= 11 is 0. The van der Waals surface area contributed by atoms with Gasteiger partial charge in [-0.05, 0) is 49.9 Å². The van der Waals surface area contributed by atoms with E-state index in [-0.39, 0.29) is 5.91 Å². The second-order valence-corrected chi connectivity index (χ2v) is 6.93. The van der Waals surface area contributed by atoms with Gasteiger partial charge in [0, 0.05) is 24.5 Å². The molecule has 0 spiro atoms. The van der Waals surface area contributed by atoms with Crippen LogP contribution in [0, 0.1) is 6.92 Å². The number of fused-ring (bicyclic) bond motifs is 1. The van der Waals surface area contributed by atoms with Gasteiger partial charge in [-0.15, -0.1) is 0 Å². The standard InChI is InChI=1S/C19H24N4O/c1-15-11-20-22(12-15)13-17-6-4-9-21(17)14-19(24)23-10-8-16-5-2-3-7-18(16)23/h2-3,5,7,11-12,17H,4,6,8-10,13-14H2,1H3/t17-/m1/s1. The molecule has 1 amide bonds. The van der Waals surface area contributed by atoms with Crippen molar-refractivity contribution in [2.75, 3.05) is 24.5 Å². The van der Waals surface area contributed by atoms with E-state index in [2.05, 4.69) is 41.3 Å². The summed E-state index contributed by atoms with van der Waals surface area (Å²) in [5.74, 6) is 0.225. The summed E-state index contributed by atoms with van der Waals surface area (Å²) < 4.78 is 2.01. The lowest BCUT2D eigenvalue weighted by atomic mass is 10.2. The molecule has 1 aromatic heterocycles. The van der Waals surface area contributed by atoms with Gasteiger partial charge in [0.25, 0.3) is 0 Å². The van der Waals surface area contributed by atoms with Crippen molar-refractivity contribution in [2.24, 2.45) is 0 Å². The molecule has 0 bridgehead atoms. The highest BCUT2D eigenvalue weighted by atomic mass is 16.2. The van der Waals surface area contributed by atoms with E-state index in [0.717, 1.165) is 44.6 Å². The Hall–Kier alpha value is -2.14. The van der Waals surface area contributed by atoms with Crippen LogP contribution in [0.1, 0.15) is 24.0 Å². The Kier molecular flexibility index (Phi) is 4.10. The number of hydrogen-bond acceptors (Lipinski definition) is 3. The molecule has 0 saturated carbocycles. The van der Waals surface area contributed by atoms with Crippen LogP contribution >= 0.6 is 0 Å². The highest BCUT2D eigenvalue weighted by molar-refractivity contribution is 5.96. The molecule has 4 rings (SSSR count). The third-order valence-corrected chi connectivity index (χ3v) is 5.19. The van der Waals surface area contributed by atoms with Gasteiger partial charge in [0.15, 0.2) is 0 Å². The van der Waals surface area contributed by atoms with E-state index in [1.807, 2.05) is 21.8 Å². The molecule has 0 aliphatic carbocycles. The second kappa shape index (κ2) is 6.40. The number of likely N-dealkylation sites (tertiary alicyclic amines) is 1. The van der Waals surface area contributed by atoms with Crippen molar-refractivity contribution in [3.05, 3.63) is 47.8 Å². The minimum absolute atomic E-state index is 0.225. The van der Waals surface area contributed by atoms with Gasteiger partial charge in [-0.3, -0.25) is 14.4 Å². The highest BCUT2D eigenvalue weighted by Gasteiger charge is 2.30. The van der Waals surface area contributed by atoms with E-state index in [9.17, 15) is 4.79 Å². The van der Waals surface area contributed by atoms with Crippen LogP contribution in [0.2, 0.25) is 0 Å². The lowest BCUT2D eigenvalue weighted by molar-refractivity contribution is -0.119. The summed E-state index contributed by atoms with van der Waals surface area (Å²) in [6.45, 7) is 5.27. The molecule has 1 fully saturated rings. The van der Waals surface area contributed by atoms with E-state index in [4.69, 9.17) is 0 Å². The zero-order valence-corrected chi connectivity index (χ0v) is 14.2. The molecular formula is C19H24N4O. The van der Waals surface area contributed by atoms with Crippen LogP contribution in [0.4, 0.5) is 5.69 Å². The van der Waals surface area contributed by atoms with E-state index in [1.165, 1.54) is 11.1 Å². The summed E-state index contributed by atoms with van der Waals surface area (Å²) in [5, 5.41) is 4.39. The molecule has 126 valence electrons. The first-order valence-electron chi connectivity index (χ1n) is 8.82. The van der Waals surface area contributed by atoms with Gasteiger partial charge in [0.05, 0.1) is 19.3 Å². The highest BCUT2D eigenvalue weighted by Crippen LogP contribution is 2.28. The van der Waals surface area contributed by atoms with E-state index in [1.54, 1.807) is 0 Å². The summed E-state index contributed by atoms with van der Waals surface area (Å²) in [7, 11) is 0. The Bertz CT molecular complexity index is 738. The number of para-hydroxylation sites is 1. The Morgan fingerprint density at radius 3 is 3.00 bits per heavy atom. The minimum Gasteiger partial charge on any atom is -0.311 e. The molecule has 2 aliphatic heterocycles. The van der Waals surface area contributed by atoms with E-state index < -0.39 is 0 Å². The number of carbonyl (C=O) groups is 1. The van der Waals surface area contributed by atoms with Gasteiger partial charge in [-0.1, -0.05) is 18.2 Å². The third kappa shape index (κ3) is 2.96. The van der Waals surface area contributed by atoms with Gasteiger partial charge in [-0.2, -0.15) is 5.10 Å². The molecule has 1 saturated heterocycles. The number of rotatable bonds is 4. The zero-order chi connectivity index (χ0) is 16.5. The average molecular weight is 324 g/mol. The zero-order valence-electron chi connectivity index (χ0n) is 14.2. The molecule has 24 heavy (non-hydrogen) atoms. The maximum atomic E-state index is 12.8. The topological polar surface area (TPSA) is 41.4 Å². The number of benzene rings is 1. The number of aromatic nitrogens is 2. The molecule has 5 nitrogen and oxygen atoms in total. The van der Waals surface area contributed by atoms with Gasteiger partial charge in [0.2, 0.25) is 5.91 Å². The number of amides is 1. The molecule has 2 aromatic rings. The number of carbonyl (C=O) groups excluding carboxylic acids is 1. The number of hydrogen-bond donors (Lipinski definition) is 0. The lowest BCUT2D eigenvalue weighted by Gasteiger charge is -2.26. The predicted octanol–water partition coefficient (Wildman–Crippen LogP) is 2.25. The fourth-order valence-electron chi connectivity index (χ4n) is 3.95. The smallest absolute Gasteiger partial charge is 0.241 e.